The van der Waals surface area contributed by atoms with Gasteiger partial charge in [-0.2, -0.15) is 0 Å². The first-order valence-corrected chi connectivity index (χ1v) is 8.88. The van der Waals surface area contributed by atoms with Crippen LogP contribution in [-0.2, 0) is 14.8 Å². The van der Waals surface area contributed by atoms with Crippen LogP contribution in [0.3, 0.4) is 0 Å². The zero-order valence-electron chi connectivity index (χ0n) is 11.9. The van der Waals surface area contributed by atoms with Crippen LogP contribution in [0.15, 0.2) is 17.2 Å². The van der Waals surface area contributed by atoms with E-state index in [1.807, 2.05) is 6.92 Å². The van der Waals surface area contributed by atoms with Gasteiger partial charge in [-0.15, -0.1) is 0 Å². The van der Waals surface area contributed by atoms with Crippen molar-refractivity contribution in [1.82, 2.24) is 9.71 Å². The van der Waals surface area contributed by atoms with E-state index in [2.05, 4.69) is 15.0 Å². The molecule has 2 heterocycles. The van der Waals surface area contributed by atoms with Gasteiger partial charge in [0.05, 0.1) is 5.02 Å². The minimum absolute atomic E-state index is 0.0843. The largest absolute Gasteiger partial charge is 0.381 e. The zero-order valence-corrected chi connectivity index (χ0v) is 13.5. The quantitative estimate of drug-likeness (QED) is 0.832. The van der Waals surface area contributed by atoms with Gasteiger partial charge in [0, 0.05) is 32.0 Å². The van der Waals surface area contributed by atoms with E-state index < -0.39 is 10.0 Å². The van der Waals surface area contributed by atoms with Crippen LogP contribution in [0, 0.1) is 0 Å². The number of rotatable bonds is 6. The molecule has 0 amide bonds. The number of hydrogen-bond acceptors (Lipinski definition) is 5. The summed E-state index contributed by atoms with van der Waals surface area (Å²) in [7, 11) is -3.60. The zero-order chi connectivity index (χ0) is 15.3. The molecule has 1 fully saturated rings. The number of aromatic nitrogens is 1. The summed E-state index contributed by atoms with van der Waals surface area (Å²) in [6, 6.07) is 1.33. The predicted octanol–water partition coefficient (Wildman–Crippen LogP) is 2.01. The molecule has 0 bridgehead atoms. The van der Waals surface area contributed by atoms with E-state index in [0.29, 0.717) is 36.9 Å². The number of ether oxygens (including phenoxy) is 1. The number of halogens is 1. The highest BCUT2D eigenvalue weighted by atomic mass is 35.5. The molecule has 0 spiro atoms. The van der Waals surface area contributed by atoms with Crippen LogP contribution >= 0.6 is 11.6 Å². The molecule has 0 aliphatic carbocycles. The van der Waals surface area contributed by atoms with Gasteiger partial charge in [0.1, 0.15) is 10.7 Å². The Kier molecular flexibility index (Phi) is 5.80. The smallest absolute Gasteiger partial charge is 0.242 e. The molecule has 0 saturated carbocycles. The first-order valence-electron chi connectivity index (χ1n) is 7.02. The Morgan fingerprint density at radius 1 is 1.43 bits per heavy atom. The fraction of sp³-hybridized carbons (Fsp3) is 0.615. The van der Waals surface area contributed by atoms with Gasteiger partial charge in [-0.3, -0.25) is 0 Å². The second-order valence-electron chi connectivity index (χ2n) is 4.94. The molecular formula is C13H20ClN3O3S. The normalized spacial score (nSPS) is 16.9. The number of sulfonamides is 1. The van der Waals surface area contributed by atoms with E-state index in [4.69, 9.17) is 16.3 Å². The molecule has 0 radical (unpaired) electrons. The van der Waals surface area contributed by atoms with Gasteiger partial charge in [-0.1, -0.05) is 18.5 Å². The van der Waals surface area contributed by atoms with Crippen molar-refractivity contribution < 1.29 is 13.2 Å². The summed E-state index contributed by atoms with van der Waals surface area (Å²) in [6.45, 7) is 3.91. The fourth-order valence-electron chi connectivity index (χ4n) is 2.04. The summed E-state index contributed by atoms with van der Waals surface area (Å²) in [5.41, 5.74) is 0. The lowest BCUT2D eigenvalue weighted by atomic mass is 10.1. The Morgan fingerprint density at radius 2 is 2.14 bits per heavy atom. The summed E-state index contributed by atoms with van der Waals surface area (Å²) in [5, 5.41) is 3.35. The number of nitrogens with zero attached hydrogens (tertiary/aromatic N) is 1. The van der Waals surface area contributed by atoms with Crippen LogP contribution in [-0.4, -0.2) is 39.2 Å². The highest BCUT2D eigenvalue weighted by Crippen LogP contribution is 2.23. The van der Waals surface area contributed by atoms with Gasteiger partial charge in [-0.05, 0) is 25.3 Å². The minimum Gasteiger partial charge on any atom is -0.381 e. The van der Waals surface area contributed by atoms with Gasteiger partial charge in [0.25, 0.3) is 0 Å². The molecule has 2 N–H and O–H groups in total. The van der Waals surface area contributed by atoms with Crippen LogP contribution < -0.4 is 10.0 Å². The SMILES string of the molecule is CCCNc1ncc(S(=O)(=O)NC2CCOCC2)cc1Cl. The molecule has 118 valence electrons. The average Bonchev–Trinajstić information content (AvgIpc) is 2.46. The van der Waals surface area contributed by atoms with Crippen LogP contribution in [0.2, 0.25) is 5.02 Å². The lowest BCUT2D eigenvalue weighted by molar-refractivity contribution is 0.0832. The molecule has 8 heteroatoms. The lowest BCUT2D eigenvalue weighted by Crippen LogP contribution is -2.38. The third-order valence-corrected chi connectivity index (χ3v) is 4.99. The Bertz CT molecular complexity index is 574. The van der Waals surface area contributed by atoms with E-state index in [9.17, 15) is 8.42 Å². The van der Waals surface area contributed by atoms with Crippen molar-refractivity contribution in [1.29, 1.82) is 0 Å². The number of pyridine rings is 1. The van der Waals surface area contributed by atoms with Crippen LogP contribution in [0.5, 0.6) is 0 Å². The summed E-state index contributed by atoms with van der Waals surface area (Å²) in [4.78, 5) is 4.17. The first kappa shape index (κ1) is 16.5. The van der Waals surface area contributed by atoms with Crippen LogP contribution in [0.25, 0.3) is 0 Å². The number of hydrogen-bond donors (Lipinski definition) is 2. The van der Waals surface area contributed by atoms with E-state index >= 15 is 0 Å². The maximum Gasteiger partial charge on any atom is 0.242 e. The molecule has 1 aromatic heterocycles. The Balaban J connectivity index is 2.10. The van der Waals surface area contributed by atoms with Crippen molar-refractivity contribution in [2.75, 3.05) is 25.1 Å². The van der Waals surface area contributed by atoms with Crippen molar-refractivity contribution in [3.63, 3.8) is 0 Å². The van der Waals surface area contributed by atoms with Gasteiger partial charge >= 0.3 is 0 Å². The number of nitrogens with one attached hydrogen (secondary N) is 2. The highest BCUT2D eigenvalue weighted by molar-refractivity contribution is 7.89. The molecule has 1 aromatic rings. The second-order valence-corrected chi connectivity index (χ2v) is 7.06. The molecule has 1 aliphatic heterocycles. The third kappa shape index (κ3) is 4.54. The Labute approximate surface area is 130 Å². The predicted molar refractivity (Wildman–Crippen MR) is 82.2 cm³/mol. The third-order valence-electron chi connectivity index (χ3n) is 3.21. The van der Waals surface area contributed by atoms with Gasteiger partial charge in [0.2, 0.25) is 10.0 Å². The molecule has 1 saturated heterocycles. The summed E-state index contributed by atoms with van der Waals surface area (Å²) in [5.74, 6) is 0.503. The van der Waals surface area contributed by atoms with Crippen LogP contribution in [0.1, 0.15) is 26.2 Å². The molecule has 6 nitrogen and oxygen atoms in total. The Hall–Kier alpha value is -0.890. The van der Waals surface area contributed by atoms with Crippen molar-refractivity contribution in [3.05, 3.63) is 17.3 Å². The molecule has 2 rings (SSSR count). The topological polar surface area (TPSA) is 80.3 Å². The molecule has 1 aliphatic rings. The van der Waals surface area contributed by atoms with Crippen molar-refractivity contribution >= 4 is 27.4 Å². The van der Waals surface area contributed by atoms with Crippen molar-refractivity contribution in [3.8, 4) is 0 Å². The maximum atomic E-state index is 12.3. The summed E-state index contributed by atoms with van der Waals surface area (Å²) in [6.07, 6.45) is 3.61. The maximum absolute atomic E-state index is 12.3. The standard InChI is InChI=1S/C13H20ClN3O3S/c1-2-5-15-13-12(14)8-11(9-16-13)21(18,19)17-10-3-6-20-7-4-10/h8-10,17H,2-7H2,1H3,(H,15,16). The van der Waals surface area contributed by atoms with Gasteiger partial charge in [-0.25, -0.2) is 18.1 Å². The second kappa shape index (κ2) is 7.40. The van der Waals surface area contributed by atoms with E-state index in [1.165, 1.54) is 12.3 Å². The van der Waals surface area contributed by atoms with Gasteiger partial charge in [0.15, 0.2) is 0 Å². The molecule has 0 aromatic carbocycles. The molecular weight excluding hydrogens is 314 g/mol. The summed E-state index contributed by atoms with van der Waals surface area (Å²) >= 11 is 6.08. The van der Waals surface area contributed by atoms with E-state index in [1.54, 1.807) is 0 Å². The summed E-state index contributed by atoms with van der Waals surface area (Å²) < 4.78 is 32.5. The highest BCUT2D eigenvalue weighted by Gasteiger charge is 2.23. The average molecular weight is 334 g/mol. The molecule has 0 atom stereocenters. The number of anilines is 1. The molecule has 21 heavy (non-hydrogen) atoms. The minimum atomic E-state index is -3.60. The van der Waals surface area contributed by atoms with Crippen LogP contribution in [0.4, 0.5) is 5.82 Å². The lowest BCUT2D eigenvalue weighted by Gasteiger charge is -2.23. The van der Waals surface area contributed by atoms with E-state index in [-0.39, 0.29) is 10.9 Å². The van der Waals surface area contributed by atoms with E-state index in [0.717, 1.165) is 13.0 Å². The molecule has 0 unspecified atom stereocenters. The van der Waals surface area contributed by atoms with Crippen molar-refractivity contribution in [2.24, 2.45) is 0 Å². The monoisotopic (exact) mass is 333 g/mol. The van der Waals surface area contributed by atoms with Gasteiger partial charge < -0.3 is 10.1 Å². The first-order chi connectivity index (χ1) is 10.0. The Morgan fingerprint density at radius 3 is 2.76 bits per heavy atom. The fourth-order valence-corrected chi connectivity index (χ4v) is 3.62. The van der Waals surface area contributed by atoms with Crippen molar-refractivity contribution in [2.45, 2.75) is 37.1 Å².